The van der Waals surface area contributed by atoms with Crippen molar-refractivity contribution in [3.63, 3.8) is 0 Å². The average Bonchev–Trinajstić information content (AvgIpc) is 3.75. The van der Waals surface area contributed by atoms with Gasteiger partial charge in [0, 0.05) is 41.4 Å². The third kappa shape index (κ3) is 7.19. The third-order valence-electron chi connectivity index (χ3n) is 13.2. The van der Waals surface area contributed by atoms with E-state index >= 15 is 0 Å². The number of piperazine rings is 1. The normalized spacial score (nSPS) is 21.8. The number of ether oxygens (including phenoxy) is 7. The van der Waals surface area contributed by atoms with E-state index in [1.165, 1.54) is 10.4 Å². The summed E-state index contributed by atoms with van der Waals surface area (Å²) in [5, 5.41) is 13.5. The molecule has 0 saturated carbocycles. The molecule has 0 aromatic heterocycles. The molecule has 0 aliphatic carbocycles. The maximum Gasteiger partial charge on any atom is 0.261 e. The summed E-state index contributed by atoms with van der Waals surface area (Å²) < 4.78 is 51.0. The fraction of sp³-hybridized carbons (Fsp3) is 0.449. The van der Waals surface area contributed by atoms with E-state index in [1.807, 2.05) is 13.8 Å². The Kier molecular flexibility index (Phi) is 12.3. The molecule has 0 radical (unpaired) electrons. The zero-order valence-electron chi connectivity index (χ0n) is 36.8. The van der Waals surface area contributed by atoms with Gasteiger partial charge in [-0.3, -0.25) is 9.80 Å². The second-order valence-corrected chi connectivity index (χ2v) is 21.8. The zero-order chi connectivity index (χ0) is 43.1. The molecule has 5 atom stereocenters. The SMILES string of the molecule is C=CCOc1c(C)c2c(c3c1CC1[C@H]4c5c(cc(C)c(OC)c5OCOCCOC)C[C@@H]([C@H](C#N)N1[C@H]3CO[Si](c1ccccc1)(c1ccccc1)C(C)(C)C)N4C)OCO2. The van der Waals surface area contributed by atoms with Crippen LogP contribution in [0.25, 0.3) is 0 Å². The van der Waals surface area contributed by atoms with Gasteiger partial charge < -0.3 is 37.6 Å². The highest BCUT2D eigenvalue weighted by molar-refractivity contribution is 6.99. The number of nitrogens with zero attached hydrogens (tertiary/aromatic N) is 3. The van der Waals surface area contributed by atoms with E-state index in [4.69, 9.17) is 37.6 Å². The van der Waals surface area contributed by atoms with Crippen molar-refractivity contribution in [1.29, 1.82) is 5.26 Å². The minimum Gasteiger partial charge on any atom is -0.493 e. The summed E-state index contributed by atoms with van der Waals surface area (Å²) in [6.07, 6.45) is 2.97. The van der Waals surface area contributed by atoms with Crippen LogP contribution in [0.5, 0.6) is 28.7 Å². The Labute approximate surface area is 361 Å². The monoisotopic (exact) mass is 845 g/mol. The summed E-state index contributed by atoms with van der Waals surface area (Å²) >= 11 is 0. The van der Waals surface area contributed by atoms with E-state index in [-0.39, 0.29) is 36.7 Å². The van der Waals surface area contributed by atoms with Gasteiger partial charge in [0.05, 0.1) is 45.1 Å². The molecule has 1 fully saturated rings. The first-order valence-corrected chi connectivity index (χ1v) is 23.2. The Morgan fingerprint density at radius 1 is 0.885 bits per heavy atom. The van der Waals surface area contributed by atoms with Gasteiger partial charge in [-0.1, -0.05) is 100 Å². The number of nitriles is 1. The second-order valence-electron chi connectivity index (χ2n) is 17.5. The van der Waals surface area contributed by atoms with Gasteiger partial charge >= 0.3 is 0 Å². The molecule has 4 aromatic carbocycles. The summed E-state index contributed by atoms with van der Waals surface area (Å²) in [6, 6.07) is 25.0. The van der Waals surface area contributed by atoms with Gasteiger partial charge in [0.15, 0.2) is 29.8 Å². The first-order chi connectivity index (χ1) is 29.5. The molecule has 12 heteroatoms. The molecule has 61 heavy (non-hydrogen) atoms. The second kappa shape index (κ2) is 17.5. The summed E-state index contributed by atoms with van der Waals surface area (Å²) in [6.45, 7) is 16.5. The van der Waals surface area contributed by atoms with Crippen LogP contribution >= 0.6 is 0 Å². The van der Waals surface area contributed by atoms with Crippen molar-refractivity contribution < 1.29 is 37.6 Å². The molecule has 8 rings (SSSR count). The van der Waals surface area contributed by atoms with Crippen molar-refractivity contribution in [2.45, 2.75) is 82.7 Å². The molecule has 1 unspecified atom stereocenters. The number of methoxy groups -OCH3 is 2. The van der Waals surface area contributed by atoms with Crippen LogP contribution in [0.2, 0.25) is 5.04 Å². The van der Waals surface area contributed by atoms with Crippen LogP contribution in [0.3, 0.4) is 0 Å². The van der Waals surface area contributed by atoms with Crippen molar-refractivity contribution in [2.24, 2.45) is 0 Å². The number of aryl methyl sites for hydroxylation is 1. The van der Waals surface area contributed by atoms with Crippen LogP contribution in [0.4, 0.5) is 0 Å². The number of fused-ring (bicyclic) bond motifs is 9. The van der Waals surface area contributed by atoms with Gasteiger partial charge in [0.25, 0.3) is 8.32 Å². The van der Waals surface area contributed by atoms with E-state index in [9.17, 15) is 5.26 Å². The van der Waals surface area contributed by atoms with Gasteiger partial charge in [0.1, 0.15) is 18.4 Å². The Morgan fingerprint density at radius 2 is 1.57 bits per heavy atom. The summed E-state index contributed by atoms with van der Waals surface area (Å²) in [7, 11) is 2.42. The van der Waals surface area contributed by atoms with Crippen LogP contribution in [-0.4, -0.2) is 97.5 Å². The molecule has 4 aliphatic rings. The first kappa shape index (κ1) is 42.8. The molecule has 0 amide bonds. The van der Waals surface area contributed by atoms with Gasteiger partial charge in [-0.25, -0.2) is 0 Å². The van der Waals surface area contributed by atoms with Crippen molar-refractivity contribution in [1.82, 2.24) is 9.80 Å². The standard InChI is InChI=1S/C49H59N3O8Si/c1-10-21-56-45-32(3)46-48(59-30-58-46)42-36(45)26-38-43-41-33(24-31(2)44(54-9)47(41)57-29-55-23-22-53-8)25-37(51(43)7)39(27-50)52(38)40(42)28-60-61(49(4,5)6,34-17-13-11-14-18-34)35-19-15-12-16-20-35/h10-20,24,37-40,43H,1,21-23,25-26,28-30H2,2-9H3/t37-,38?,39-,40-,43-/m0/s1. The van der Waals surface area contributed by atoms with Crippen molar-refractivity contribution in [3.8, 4) is 34.8 Å². The minimum atomic E-state index is -3.06. The molecule has 1 saturated heterocycles. The van der Waals surface area contributed by atoms with Crippen molar-refractivity contribution >= 4 is 18.7 Å². The Morgan fingerprint density at radius 3 is 2.20 bits per heavy atom. The molecular formula is C49H59N3O8Si. The number of benzene rings is 4. The van der Waals surface area contributed by atoms with Gasteiger partial charge in [0.2, 0.25) is 6.79 Å². The molecule has 4 heterocycles. The lowest BCUT2D eigenvalue weighted by atomic mass is 9.71. The number of hydrogen-bond donors (Lipinski definition) is 0. The van der Waals surface area contributed by atoms with Gasteiger partial charge in [-0.15, -0.1) is 0 Å². The highest BCUT2D eigenvalue weighted by Gasteiger charge is 2.58. The smallest absolute Gasteiger partial charge is 0.261 e. The molecule has 0 spiro atoms. The van der Waals surface area contributed by atoms with Crippen molar-refractivity contribution in [2.75, 3.05) is 61.3 Å². The van der Waals surface area contributed by atoms with Crippen LogP contribution < -0.4 is 34.1 Å². The fourth-order valence-corrected chi connectivity index (χ4v) is 15.3. The molecular weight excluding hydrogens is 787 g/mol. The lowest BCUT2D eigenvalue weighted by molar-refractivity contribution is -0.0823. The van der Waals surface area contributed by atoms with Crippen molar-refractivity contribution in [3.05, 3.63) is 113 Å². The maximum atomic E-state index is 11.5. The van der Waals surface area contributed by atoms with E-state index in [0.717, 1.165) is 39.1 Å². The van der Waals surface area contributed by atoms with E-state index in [2.05, 4.69) is 117 Å². The minimum absolute atomic E-state index is 0.0324. The van der Waals surface area contributed by atoms with Gasteiger partial charge in [-0.05, 0) is 60.3 Å². The predicted octanol–water partition coefficient (Wildman–Crippen LogP) is 6.95. The molecule has 322 valence electrons. The van der Waals surface area contributed by atoms with Gasteiger partial charge in [-0.2, -0.15) is 5.26 Å². The number of hydrogen-bond acceptors (Lipinski definition) is 11. The van der Waals surface area contributed by atoms with Crippen LogP contribution in [0, 0.1) is 25.2 Å². The lowest BCUT2D eigenvalue weighted by Crippen LogP contribution is -2.70. The summed E-state index contributed by atoms with van der Waals surface area (Å²) in [5.74, 6) is 3.46. The summed E-state index contributed by atoms with van der Waals surface area (Å²) in [5.41, 5.74) is 6.03. The van der Waals surface area contributed by atoms with E-state index < -0.39 is 20.4 Å². The molecule has 0 N–H and O–H groups in total. The molecule has 4 aliphatic heterocycles. The Bertz CT molecular complexity index is 2240. The molecule has 11 nitrogen and oxygen atoms in total. The summed E-state index contributed by atoms with van der Waals surface area (Å²) in [4.78, 5) is 4.83. The lowest BCUT2D eigenvalue weighted by Gasteiger charge is -2.60. The molecule has 4 aromatic rings. The highest BCUT2D eigenvalue weighted by atomic mass is 28.4. The van der Waals surface area contributed by atoms with E-state index in [1.54, 1.807) is 20.3 Å². The number of rotatable bonds is 15. The van der Waals surface area contributed by atoms with Crippen LogP contribution in [0.15, 0.2) is 79.4 Å². The highest BCUT2D eigenvalue weighted by Crippen LogP contribution is 2.59. The zero-order valence-corrected chi connectivity index (χ0v) is 37.8. The topological polar surface area (TPSA) is 104 Å². The van der Waals surface area contributed by atoms with Crippen LogP contribution in [0.1, 0.15) is 66.2 Å². The Hall–Kier alpha value is -4.87. The van der Waals surface area contributed by atoms with E-state index in [0.29, 0.717) is 62.3 Å². The fourth-order valence-electron chi connectivity index (χ4n) is 10.7. The number of likely N-dealkylation sites (N-methyl/N-ethyl adjacent to an activating group) is 1. The quantitative estimate of drug-likeness (QED) is 0.0538. The molecule has 2 bridgehead atoms. The predicted molar refractivity (Wildman–Crippen MR) is 237 cm³/mol. The average molecular weight is 846 g/mol. The largest absolute Gasteiger partial charge is 0.493 e. The third-order valence-corrected chi connectivity index (χ3v) is 18.2. The first-order valence-electron chi connectivity index (χ1n) is 21.2. The maximum absolute atomic E-state index is 11.5. The Balaban J connectivity index is 1.35. The van der Waals surface area contributed by atoms with Crippen LogP contribution in [-0.2, 0) is 26.7 Å².